The minimum Gasteiger partial charge on any atom is -0.444 e. The Morgan fingerprint density at radius 3 is 1.91 bits per heavy atom. The highest BCUT2D eigenvalue weighted by atomic mass is 31.1. The normalized spacial score (nSPS) is 11.5. The van der Waals surface area contributed by atoms with Gasteiger partial charge in [-0.1, -0.05) is 24.3 Å². The van der Waals surface area contributed by atoms with E-state index in [0.717, 1.165) is 0 Å². The van der Waals surface area contributed by atoms with Crippen LogP contribution in [0.3, 0.4) is 0 Å². The molecule has 0 unspecified atom stereocenters. The summed E-state index contributed by atoms with van der Waals surface area (Å²) in [4.78, 5) is 22.9. The molecule has 170 valence electrons. The zero-order chi connectivity index (χ0) is 23.9. The van der Waals surface area contributed by atoms with E-state index in [9.17, 15) is 13.6 Å². The Bertz CT molecular complexity index is 1730. The average molecular weight is 483 g/mol. The summed E-state index contributed by atoms with van der Waals surface area (Å²) in [7, 11) is -1.58. The van der Waals surface area contributed by atoms with Gasteiger partial charge in [0.25, 0.3) is 11.4 Å². The van der Waals surface area contributed by atoms with Crippen LogP contribution in [-0.4, -0.2) is 14.4 Å². The topological polar surface area (TPSA) is 56.5 Å². The molecular formula is C27H16F2N3O2P. The molecule has 0 aliphatic carbocycles. The van der Waals surface area contributed by atoms with Crippen LogP contribution >= 0.6 is 8.15 Å². The van der Waals surface area contributed by atoms with E-state index < -0.39 is 8.15 Å². The lowest BCUT2D eigenvalue weighted by Crippen LogP contribution is -2.20. The predicted octanol–water partition coefficient (Wildman–Crippen LogP) is 5.10. The van der Waals surface area contributed by atoms with Crippen molar-refractivity contribution in [3.05, 3.63) is 119 Å². The fourth-order valence-electron chi connectivity index (χ4n) is 3.96. The van der Waals surface area contributed by atoms with Gasteiger partial charge in [-0.25, -0.2) is 18.7 Å². The Morgan fingerprint density at radius 2 is 1.26 bits per heavy atom. The van der Waals surface area contributed by atoms with Crippen LogP contribution in [0.1, 0.15) is 0 Å². The molecule has 0 aliphatic rings. The SMILES string of the molecule is O=c1c2ccccc2nc2c(OP(c3ccc(F)cc3)c3ccc(F)cc3)nc3ccccc3n12. The zero-order valence-corrected chi connectivity index (χ0v) is 19.0. The van der Waals surface area contributed by atoms with Crippen LogP contribution in [0.15, 0.2) is 102 Å². The molecule has 0 aliphatic heterocycles. The Kier molecular flexibility index (Phi) is 5.20. The number of para-hydroxylation sites is 3. The molecule has 0 fully saturated rings. The van der Waals surface area contributed by atoms with E-state index in [-0.39, 0.29) is 28.7 Å². The lowest BCUT2D eigenvalue weighted by molar-refractivity contribution is 0.604. The van der Waals surface area contributed by atoms with Crippen molar-refractivity contribution in [3.63, 3.8) is 0 Å². The van der Waals surface area contributed by atoms with Crippen molar-refractivity contribution in [2.45, 2.75) is 0 Å². The van der Waals surface area contributed by atoms with Crippen molar-refractivity contribution in [1.29, 1.82) is 0 Å². The molecule has 0 N–H and O–H groups in total. The number of hydrogen-bond donors (Lipinski definition) is 0. The van der Waals surface area contributed by atoms with Crippen LogP contribution in [0.4, 0.5) is 8.78 Å². The van der Waals surface area contributed by atoms with Gasteiger partial charge >= 0.3 is 0 Å². The fourth-order valence-corrected chi connectivity index (χ4v) is 5.61. The molecule has 0 atom stereocenters. The van der Waals surface area contributed by atoms with E-state index in [2.05, 4.69) is 0 Å². The first-order valence-electron chi connectivity index (χ1n) is 10.8. The number of hydrogen-bond acceptors (Lipinski definition) is 4. The monoisotopic (exact) mass is 483 g/mol. The van der Waals surface area contributed by atoms with Gasteiger partial charge in [-0.2, -0.15) is 0 Å². The molecule has 2 aromatic heterocycles. The van der Waals surface area contributed by atoms with Gasteiger partial charge in [0, 0.05) is 10.6 Å². The summed E-state index contributed by atoms with van der Waals surface area (Å²) in [5.41, 5.74) is 1.71. The summed E-state index contributed by atoms with van der Waals surface area (Å²) < 4.78 is 35.3. The predicted molar refractivity (Wildman–Crippen MR) is 134 cm³/mol. The first-order chi connectivity index (χ1) is 17.1. The largest absolute Gasteiger partial charge is 0.444 e. The molecule has 8 heteroatoms. The van der Waals surface area contributed by atoms with Crippen LogP contribution in [0, 0.1) is 11.6 Å². The van der Waals surface area contributed by atoms with Gasteiger partial charge in [-0.3, -0.25) is 9.20 Å². The van der Waals surface area contributed by atoms with E-state index in [1.165, 1.54) is 28.7 Å². The molecule has 0 saturated heterocycles. The standard InChI is InChI=1S/C27H16F2N3O2P/c28-17-9-13-19(14-10-17)35(20-15-11-18(29)12-16-20)34-26-25-30-22-6-2-1-5-21(22)27(33)32(25)24-8-4-3-7-23(24)31-26/h1-16H. The second-order valence-electron chi connectivity index (χ2n) is 7.84. The summed E-state index contributed by atoms with van der Waals surface area (Å²) in [6.07, 6.45) is 0. The maximum absolute atomic E-state index is 13.7. The second-order valence-corrected chi connectivity index (χ2v) is 9.64. The molecular weight excluding hydrogens is 467 g/mol. The first kappa shape index (κ1) is 21.3. The third kappa shape index (κ3) is 3.80. The third-order valence-corrected chi connectivity index (χ3v) is 7.50. The van der Waals surface area contributed by atoms with Crippen molar-refractivity contribution in [3.8, 4) is 5.88 Å². The van der Waals surface area contributed by atoms with Crippen molar-refractivity contribution in [2.24, 2.45) is 0 Å². The van der Waals surface area contributed by atoms with Crippen LogP contribution in [0.5, 0.6) is 5.88 Å². The summed E-state index contributed by atoms with van der Waals surface area (Å²) in [5, 5.41) is 1.88. The molecule has 0 amide bonds. The molecule has 5 nitrogen and oxygen atoms in total. The zero-order valence-electron chi connectivity index (χ0n) is 18.1. The van der Waals surface area contributed by atoms with Gasteiger partial charge in [-0.05, 0) is 72.8 Å². The number of rotatable bonds is 4. The van der Waals surface area contributed by atoms with Gasteiger partial charge in [0.05, 0.1) is 21.9 Å². The van der Waals surface area contributed by atoms with E-state index in [1.807, 2.05) is 18.2 Å². The van der Waals surface area contributed by atoms with Crippen LogP contribution < -0.4 is 20.7 Å². The van der Waals surface area contributed by atoms with Crippen molar-refractivity contribution in [2.75, 3.05) is 0 Å². The quantitative estimate of drug-likeness (QED) is 0.199. The first-order valence-corrected chi connectivity index (χ1v) is 12.0. The maximum atomic E-state index is 13.7. The summed E-state index contributed by atoms with van der Waals surface area (Å²) in [6.45, 7) is 0. The van der Waals surface area contributed by atoms with E-state index in [1.54, 1.807) is 54.6 Å². The van der Waals surface area contributed by atoms with Gasteiger partial charge in [0.15, 0.2) is 8.15 Å². The van der Waals surface area contributed by atoms with Gasteiger partial charge in [0.2, 0.25) is 5.65 Å². The molecule has 0 spiro atoms. The van der Waals surface area contributed by atoms with Crippen molar-refractivity contribution in [1.82, 2.24) is 14.4 Å². The maximum Gasteiger partial charge on any atom is 0.266 e. The number of aromatic nitrogens is 3. The highest BCUT2D eigenvalue weighted by molar-refractivity contribution is 7.68. The Labute approximate surface area is 199 Å². The number of benzene rings is 4. The van der Waals surface area contributed by atoms with Gasteiger partial charge in [-0.15, -0.1) is 0 Å². The molecule has 2 heterocycles. The second kappa shape index (κ2) is 8.53. The molecule has 6 aromatic rings. The molecule has 0 bridgehead atoms. The van der Waals surface area contributed by atoms with Crippen LogP contribution in [0.2, 0.25) is 0 Å². The minimum absolute atomic E-state index is 0.159. The van der Waals surface area contributed by atoms with E-state index in [4.69, 9.17) is 14.5 Å². The van der Waals surface area contributed by atoms with Gasteiger partial charge < -0.3 is 4.52 Å². The number of halogens is 2. The molecule has 0 saturated carbocycles. The molecule has 0 radical (unpaired) electrons. The molecule has 4 aromatic carbocycles. The highest BCUT2D eigenvalue weighted by Gasteiger charge is 2.22. The summed E-state index contributed by atoms with van der Waals surface area (Å²) >= 11 is 0. The smallest absolute Gasteiger partial charge is 0.266 e. The van der Waals surface area contributed by atoms with Gasteiger partial charge in [0.1, 0.15) is 11.6 Å². The lowest BCUT2D eigenvalue weighted by atomic mass is 10.2. The summed E-state index contributed by atoms with van der Waals surface area (Å²) in [5.74, 6) is -0.597. The van der Waals surface area contributed by atoms with Crippen molar-refractivity contribution < 1.29 is 13.3 Å². The number of nitrogens with zero attached hydrogens (tertiary/aromatic N) is 3. The fraction of sp³-hybridized carbons (Fsp3) is 0. The molecule has 6 rings (SSSR count). The van der Waals surface area contributed by atoms with Crippen LogP contribution in [0.25, 0.3) is 27.6 Å². The minimum atomic E-state index is -1.58. The third-order valence-electron chi connectivity index (χ3n) is 5.61. The Hall–Kier alpha value is -4.22. The summed E-state index contributed by atoms with van der Waals surface area (Å²) in [6, 6.07) is 26.2. The Balaban J connectivity index is 1.62. The Morgan fingerprint density at radius 1 is 0.686 bits per heavy atom. The number of fused-ring (bicyclic) bond motifs is 4. The average Bonchev–Trinajstić information content (AvgIpc) is 2.88. The highest BCUT2D eigenvalue weighted by Crippen LogP contribution is 2.38. The van der Waals surface area contributed by atoms with Crippen molar-refractivity contribution >= 4 is 46.3 Å². The lowest BCUT2D eigenvalue weighted by Gasteiger charge is -2.20. The van der Waals surface area contributed by atoms with Crippen LogP contribution in [-0.2, 0) is 0 Å². The molecule has 35 heavy (non-hydrogen) atoms. The van der Waals surface area contributed by atoms with E-state index in [0.29, 0.717) is 32.5 Å². The van der Waals surface area contributed by atoms with E-state index >= 15 is 0 Å².